The van der Waals surface area contributed by atoms with Gasteiger partial charge in [-0.25, -0.2) is 9.38 Å². The van der Waals surface area contributed by atoms with E-state index in [1.54, 1.807) is 18.4 Å². The van der Waals surface area contributed by atoms with E-state index in [0.717, 1.165) is 61.9 Å². The van der Waals surface area contributed by atoms with E-state index in [-0.39, 0.29) is 17.8 Å². The summed E-state index contributed by atoms with van der Waals surface area (Å²) >= 11 is 0. The van der Waals surface area contributed by atoms with Crippen LogP contribution in [0.3, 0.4) is 0 Å². The summed E-state index contributed by atoms with van der Waals surface area (Å²) in [5.74, 6) is 2.17. The Hall–Kier alpha value is -3.66. The molecular weight excluding hydrogens is 471 g/mol. The Morgan fingerprint density at radius 2 is 1.86 bits per heavy atom. The van der Waals surface area contributed by atoms with Gasteiger partial charge in [-0.1, -0.05) is 19.1 Å². The van der Waals surface area contributed by atoms with Gasteiger partial charge < -0.3 is 19.5 Å². The lowest BCUT2D eigenvalue weighted by atomic mass is 9.98. The number of aliphatic imine (C=N–C) groups is 2. The SMILES string of the molecule is CC1CCN=C(c2ccco2)CC1=Nc1nc(NC(C)c2ccc(F)cc2)nc(N2CCN(C)CC2)n1. The van der Waals surface area contributed by atoms with Gasteiger partial charge in [0.15, 0.2) is 0 Å². The average molecular weight is 505 g/mol. The molecule has 2 atom stereocenters. The third-order valence-corrected chi connectivity index (χ3v) is 6.94. The fourth-order valence-corrected chi connectivity index (χ4v) is 4.49. The first-order chi connectivity index (χ1) is 17.9. The molecule has 1 N–H and O–H groups in total. The average Bonchev–Trinajstić information content (AvgIpc) is 3.37. The van der Waals surface area contributed by atoms with Crippen LogP contribution in [-0.2, 0) is 0 Å². The molecule has 2 aliphatic rings. The Balaban J connectivity index is 1.46. The Labute approximate surface area is 216 Å². The van der Waals surface area contributed by atoms with Gasteiger partial charge >= 0.3 is 0 Å². The van der Waals surface area contributed by atoms with E-state index in [9.17, 15) is 4.39 Å². The number of aromatic nitrogens is 3. The number of anilines is 2. The van der Waals surface area contributed by atoms with Crippen molar-refractivity contribution >= 4 is 29.3 Å². The summed E-state index contributed by atoms with van der Waals surface area (Å²) in [5.41, 5.74) is 2.80. The van der Waals surface area contributed by atoms with Crippen LogP contribution in [0.1, 0.15) is 44.1 Å². The number of benzene rings is 1. The third kappa shape index (κ3) is 6.19. The highest BCUT2D eigenvalue weighted by Gasteiger charge is 2.23. The zero-order valence-corrected chi connectivity index (χ0v) is 21.6. The lowest BCUT2D eigenvalue weighted by Gasteiger charge is -2.32. The molecule has 0 radical (unpaired) electrons. The molecule has 194 valence electrons. The van der Waals surface area contributed by atoms with Gasteiger partial charge in [-0.3, -0.25) is 4.99 Å². The molecule has 2 aromatic heterocycles. The van der Waals surface area contributed by atoms with Crippen molar-refractivity contribution in [3.8, 4) is 0 Å². The van der Waals surface area contributed by atoms with E-state index in [4.69, 9.17) is 24.4 Å². The van der Waals surface area contributed by atoms with Crippen LogP contribution in [0.4, 0.5) is 22.2 Å². The lowest BCUT2D eigenvalue weighted by molar-refractivity contribution is 0.311. The van der Waals surface area contributed by atoms with Gasteiger partial charge in [0.25, 0.3) is 5.95 Å². The maximum absolute atomic E-state index is 13.4. The zero-order valence-electron chi connectivity index (χ0n) is 21.6. The van der Waals surface area contributed by atoms with E-state index >= 15 is 0 Å². The summed E-state index contributed by atoms with van der Waals surface area (Å²) in [6.07, 6.45) is 3.14. The second kappa shape index (κ2) is 11.2. The molecule has 0 bridgehead atoms. The van der Waals surface area contributed by atoms with Crippen molar-refractivity contribution in [3.05, 3.63) is 59.8 Å². The van der Waals surface area contributed by atoms with E-state index in [2.05, 4.69) is 34.1 Å². The molecule has 1 fully saturated rings. The molecule has 2 aliphatic heterocycles. The first kappa shape index (κ1) is 25.0. The molecule has 9 nitrogen and oxygen atoms in total. The minimum Gasteiger partial charge on any atom is -0.463 e. The number of nitrogens with one attached hydrogen (secondary N) is 1. The smallest absolute Gasteiger partial charge is 0.255 e. The maximum Gasteiger partial charge on any atom is 0.255 e. The number of nitrogens with zero attached hydrogens (tertiary/aromatic N) is 7. The van der Waals surface area contributed by atoms with Crippen molar-refractivity contribution in [2.75, 3.05) is 50.0 Å². The van der Waals surface area contributed by atoms with Gasteiger partial charge in [-0.15, -0.1) is 0 Å². The van der Waals surface area contributed by atoms with Gasteiger partial charge in [-0.2, -0.15) is 15.0 Å². The number of rotatable bonds is 6. The predicted octanol–water partition coefficient (Wildman–Crippen LogP) is 4.52. The number of hydrogen-bond acceptors (Lipinski definition) is 9. The molecule has 1 saturated heterocycles. The van der Waals surface area contributed by atoms with Gasteiger partial charge in [0.05, 0.1) is 18.0 Å². The topological polar surface area (TPSA) is 95.0 Å². The summed E-state index contributed by atoms with van der Waals surface area (Å²) in [5, 5.41) is 3.37. The van der Waals surface area contributed by atoms with Crippen LogP contribution >= 0.6 is 0 Å². The minimum atomic E-state index is -0.262. The summed E-state index contributed by atoms with van der Waals surface area (Å²) in [6.45, 7) is 8.41. The van der Waals surface area contributed by atoms with E-state index < -0.39 is 0 Å². The van der Waals surface area contributed by atoms with Crippen molar-refractivity contribution in [1.82, 2.24) is 19.9 Å². The summed E-state index contributed by atoms with van der Waals surface area (Å²) in [6, 6.07) is 10.1. The third-order valence-electron chi connectivity index (χ3n) is 6.94. The highest BCUT2D eigenvalue weighted by atomic mass is 19.1. The number of hydrogen-bond donors (Lipinski definition) is 1. The molecule has 0 amide bonds. The van der Waals surface area contributed by atoms with Crippen molar-refractivity contribution in [1.29, 1.82) is 0 Å². The first-order valence-corrected chi connectivity index (χ1v) is 12.8. The van der Waals surface area contributed by atoms with Crippen LogP contribution in [0.5, 0.6) is 0 Å². The Kier molecular flexibility index (Phi) is 7.55. The fourth-order valence-electron chi connectivity index (χ4n) is 4.49. The fraction of sp³-hybridized carbons (Fsp3) is 0.444. The predicted molar refractivity (Wildman–Crippen MR) is 144 cm³/mol. The van der Waals surface area contributed by atoms with Gasteiger partial charge in [0.1, 0.15) is 11.6 Å². The molecule has 10 heteroatoms. The van der Waals surface area contributed by atoms with Crippen LogP contribution in [0.15, 0.2) is 57.1 Å². The second-order valence-electron chi connectivity index (χ2n) is 9.74. The van der Waals surface area contributed by atoms with Crippen molar-refractivity contribution < 1.29 is 8.81 Å². The van der Waals surface area contributed by atoms with E-state index in [1.165, 1.54) is 12.1 Å². The molecule has 0 spiro atoms. The Bertz CT molecular complexity index is 1250. The number of likely N-dealkylation sites (N-methyl/N-ethyl adjacent to an activating group) is 1. The van der Waals surface area contributed by atoms with Crippen molar-refractivity contribution in [3.63, 3.8) is 0 Å². The van der Waals surface area contributed by atoms with Gasteiger partial charge in [0, 0.05) is 44.9 Å². The second-order valence-corrected chi connectivity index (χ2v) is 9.74. The maximum atomic E-state index is 13.4. The largest absolute Gasteiger partial charge is 0.463 e. The summed E-state index contributed by atoms with van der Waals surface area (Å²) in [7, 11) is 2.12. The van der Waals surface area contributed by atoms with E-state index in [1.807, 2.05) is 19.1 Å². The molecular formula is C27H33FN8O. The Morgan fingerprint density at radius 1 is 1.08 bits per heavy atom. The van der Waals surface area contributed by atoms with E-state index in [0.29, 0.717) is 24.3 Å². The van der Waals surface area contributed by atoms with Crippen LogP contribution in [-0.4, -0.2) is 71.0 Å². The molecule has 3 aromatic rings. The standard InChI is InChI=1S/C27H33FN8O/c1-18-10-11-29-23(24-5-4-16-37-24)17-22(18)31-26-32-25(30-19(2)20-6-8-21(28)9-7-20)33-27(34-26)36-14-12-35(3)13-15-36/h4-9,16,18-19H,10-15,17H2,1-3H3,(H,30,32,33,34). The zero-order chi connectivity index (χ0) is 25.8. The molecule has 2 unspecified atom stereocenters. The van der Waals surface area contributed by atoms with Crippen molar-refractivity contribution in [2.24, 2.45) is 15.9 Å². The quantitative estimate of drug-likeness (QED) is 0.527. The highest BCUT2D eigenvalue weighted by molar-refractivity contribution is 6.12. The number of halogens is 1. The first-order valence-electron chi connectivity index (χ1n) is 12.8. The highest BCUT2D eigenvalue weighted by Crippen LogP contribution is 2.24. The van der Waals surface area contributed by atoms with Crippen LogP contribution in [0, 0.1) is 11.7 Å². The monoisotopic (exact) mass is 504 g/mol. The van der Waals surface area contributed by atoms with Crippen LogP contribution in [0.25, 0.3) is 0 Å². The summed E-state index contributed by atoms with van der Waals surface area (Å²) < 4.78 is 19.0. The van der Waals surface area contributed by atoms with Gasteiger partial charge in [0.2, 0.25) is 11.9 Å². The van der Waals surface area contributed by atoms with Gasteiger partial charge in [-0.05, 0) is 56.1 Å². The van der Waals surface area contributed by atoms with Crippen molar-refractivity contribution in [2.45, 2.75) is 32.7 Å². The molecule has 37 heavy (non-hydrogen) atoms. The molecule has 5 rings (SSSR count). The lowest BCUT2D eigenvalue weighted by Crippen LogP contribution is -2.45. The molecule has 1 aromatic carbocycles. The van der Waals surface area contributed by atoms with Crippen LogP contribution < -0.4 is 10.2 Å². The normalized spacial score (nSPS) is 21.0. The van der Waals surface area contributed by atoms with Crippen LogP contribution in [0.2, 0.25) is 0 Å². The Morgan fingerprint density at radius 3 is 2.59 bits per heavy atom. The summed E-state index contributed by atoms with van der Waals surface area (Å²) in [4.78, 5) is 28.3. The number of piperazine rings is 1. The molecule has 0 saturated carbocycles. The molecule has 0 aliphatic carbocycles. The molecule has 4 heterocycles. The minimum absolute atomic E-state index is 0.127. The number of furan rings is 1.